The molecule has 1 aromatic rings. The van der Waals surface area contributed by atoms with E-state index >= 15 is 0 Å². The van der Waals surface area contributed by atoms with E-state index in [1.807, 2.05) is 0 Å². The van der Waals surface area contributed by atoms with Gasteiger partial charge in [0.15, 0.2) is 12.6 Å². The number of hydrogen-bond donors (Lipinski definition) is 2. The van der Waals surface area contributed by atoms with Crippen LogP contribution in [0, 0.1) is 11.3 Å². The van der Waals surface area contributed by atoms with Gasteiger partial charge in [0, 0.05) is 37.6 Å². The second-order valence-corrected chi connectivity index (χ2v) is 7.66. The van der Waals surface area contributed by atoms with Crippen LogP contribution in [0.2, 0.25) is 0 Å². The summed E-state index contributed by atoms with van der Waals surface area (Å²) in [6, 6.07) is 6.85. The molecule has 3 rings (SSSR count). The number of benzene rings is 1. The van der Waals surface area contributed by atoms with E-state index in [2.05, 4.69) is 29.5 Å². The lowest BCUT2D eigenvalue weighted by Gasteiger charge is -2.54. The second-order valence-electron chi connectivity index (χ2n) is 7.66. The number of fused-ring (bicyclic) bond motifs is 1. The standard InChI is InChI=1S/C19H26F3N3O2/c1-18(2)15(14-8-9-26-16(14)18)25-17(23-3)24-10-12-4-6-13(7-5-12)27-11-19(20,21)22/h4-7,14-16H,8-11H2,1-3H3,(H2,23,24,25). The molecule has 8 heteroatoms. The summed E-state index contributed by atoms with van der Waals surface area (Å²) in [4.78, 5) is 4.28. The Morgan fingerprint density at radius 3 is 2.63 bits per heavy atom. The Morgan fingerprint density at radius 1 is 1.30 bits per heavy atom. The van der Waals surface area contributed by atoms with Gasteiger partial charge in [0.1, 0.15) is 5.75 Å². The highest BCUT2D eigenvalue weighted by atomic mass is 19.4. The Kier molecular flexibility index (Phi) is 5.55. The molecular formula is C19H26F3N3O2. The lowest BCUT2D eigenvalue weighted by atomic mass is 9.57. The number of aliphatic imine (C=N–C) groups is 1. The number of hydrogen-bond acceptors (Lipinski definition) is 3. The first-order chi connectivity index (χ1) is 12.7. The molecule has 27 heavy (non-hydrogen) atoms. The molecule has 1 aromatic carbocycles. The van der Waals surface area contributed by atoms with Crippen molar-refractivity contribution in [3.8, 4) is 5.75 Å². The van der Waals surface area contributed by atoms with E-state index < -0.39 is 12.8 Å². The SMILES string of the molecule is CN=C(NCc1ccc(OCC(F)(F)F)cc1)NC1C2CCOC2C1(C)C. The number of ether oxygens (including phenoxy) is 2. The summed E-state index contributed by atoms with van der Waals surface area (Å²) in [7, 11) is 1.72. The van der Waals surface area contributed by atoms with Crippen LogP contribution in [0.5, 0.6) is 5.75 Å². The molecular weight excluding hydrogens is 359 g/mol. The first-order valence-corrected chi connectivity index (χ1v) is 9.08. The number of nitrogens with one attached hydrogen (secondary N) is 2. The van der Waals surface area contributed by atoms with Crippen LogP contribution in [-0.2, 0) is 11.3 Å². The van der Waals surface area contributed by atoms with Crippen LogP contribution < -0.4 is 15.4 Å². The van der Waals surface area contributed by atoms with Crippen LogP contribution in [0.25, 0.3) is 0 Å². The van der Waals surface area contributed by atoms with Crippen molar-refractivity contribution in [2.24, 2.45) is 16.3 Å². The van der Waals surface area contributed by atoms with Gasteiger partial charge in [0.05, 0.1) is 6.10 Å². The zero-order valence-corrected chi connectivity index (χ0v) is 15.8. The van der Waals surface area contributed by atoms with Crippen LogP contribution in [0.1, 0.15) is 25.8 Å². The summed E-state index contributed by atoms with van der Waals surface area (Å²) in [6.45, 7) is 4.43. The molecule has 1 heterocycles. The zero-order valence-electron chi connectivity index (χ0n) is 15.8. The average Bonchev–Trinajstić information content (AvgIpc) is 3.07. The Hall–Kier alpha value is -1.96. The van der Waals surface area contributed by atoms with E-state index in [0.717, 1.165) is 18.6 Å². The number of rotatable bonds is 5. The van der Waals surface area contributed by atoms with Crippen LogP contribution in [0.4, 0.5) is 13.2 Å². The van der Waals surface area contributed by atoms with Gasteiger partial charge in [-0.3, -0.25) is 4.99 Å². The molecule has 0 radical (unpaired) electrons. The van der Waals surface area contributed by atoms with Crippen molar-refractivity contribution in [1.82, 2.24) is 10.6 Å². The molecule has 1 aliphatic carbocycles. The van der Waals surface area contributed by atoms with Crippen molar-refractivity contribution in [2.45, 2.75) is 45.1 Å². The molecule has 2 aliphatic rings. The second kappa shape index (κ2) is 7.58. The van der Waals surface area contributed by atoms with Gasteiger partial charge in [-0.15, -0.1) is 0 Å². The summed E-state index contributed by atoms with van der Waals surface area (Å²) in [5, 5.41) is 6.75. The molecule has 2 N–H and O–H groups in total. The molecule has 0 spiro atoms. The lowest BCUT2D eigenvalue weighted by Crippen LogP contribution is -2.67. The summed E-state index contributed by atoms with van der Waals surface area (Å²) < 4.78 is 47.1. The molecule has 150 valence electrons. The Morgan fingerprint density at radius 2 is 2.00 bits per heavy atom. The largest absolute Gasteiger partial charge is 0.484 e. The Balaban J connectivity index is 1.50. The van der Waals surface area contributed by atoms with E-state index in [9.17, 15) is 13.2 Å². The molecule has 1 aliphatic heterocycles. The third-order valence-corrected chi connectivity index (χ3v) is 5.40. The smallest absolute Gasteiger partial charge is 0.422 e. The first-order valence-electron chi connectivity index (χ1n) is 9.08. The summed E-state index contributed by atoms with van der Waals surface area (Å²) in [6.07, 6.45) is -2.98. The molecule has 0 aromatic heterocycles. The van der Waals surface area contributed by atoms with E-state index in [1.54, 1.807) is 19.2 Å². The van der Waals surface area contributed by atoms with Crippen molar-refractivity contribution >= 4 is 5.96 Å². The van der Waals surface area contributed by atoms with Crippen molar-refractivity contribution in [2.75, 3.05) is 20.3 Å². The highest BCUT2D eigenvalue weighted by molar-refractivity contribution is 5.80. The van der Waals surface area contributed by atoms with E-state index in [1.165, 1.54) is 12.1 Å². The number of halogens is 3. The van der Waals surface area contributed by atoms with Crippen LogP contribution in [-0.4, -0.2) is 44.5 Å². The topological polar surface area (TPSA) is 54.9 Å². The van der Waals surface area contributed by atoms with Gasteiger partial charge in [0.25, 0.3) is 0 Å². The fourth-order valence-corrected chi connectivity index (χ4v) is 4.01. The van der Waals surface area contributed by atoms with Gasteiger partial charge in [-0.25, -0.2) is 0 Å². The van der Waals surface area contributed by atoms with E-state index in [-0.39, 0.29) is 11.2 Å². The van der Waals surface area contributed by atoms with Gasteiger partial charge in [0.2, 0.25) is 0 Å². The average molecular weight is 385 g/mol. The molecule has 1 saturated heterocycles. The fraction of sp³-hybridized carbons (Fsp3) is 0.632. The number of guanidine groups is 1. The first kappa shape index (κ1) is 19.8. The summed E-state index contributed by atoms with van der Waals surface area (Å²) in [5.41, 5.74) is 0.975. The zero-order chi connectivity index (χ0) is 19.7. The molecule has 2 fully saturated rings. The summed E-state index contributed by atoms with van der Waals surface area (Å²) in [5.74, 6) is 1.40. The third kappa shape index (κ3) is 4.48. The monoisotopic (exact) mass is 385 g/mol. The normalized spacial score (nSPS) is 26.9. The van der Waals surface area contributed by atoms with Gasteiger partial charge in [-0.05, 0) is 24.1 Å². The Bertz CT molecular complexity index is 674. The van der Waals surface area contributed by atoms with Gasteiger partial charge >= 0.3 is 6.18 Å². The third-order valence-electron chi connectivity index (χ3n) is 5.40. The number of nitrogens with zero attached hydrogens (tertiary/aromatic N) is 1. The van der Waals surface area contributed by atoms with Gasteiger partial charge < -0.3 is 20.1 Å². The van der Waals surface area contributed by atoms with Crippen LogP contribution in [0.15, 0.2) is 29.3 Å². The molecule has 3 atom stereocenters. The van der Waals surface area contributed by atoms with Gasteiger partial charge in [-0.1, -0.05) is 26.0 Å². The minimum Gasteiger partial charge on any atom is -0.484 e. The summed E-state index contributed by atoms with van der Waals surface area (Å²) >= 11 is 0. The fourth-order valence-electron chi connectivity index (χ4n) is 4.01. The van der Waals surface area contributed by atoms with Crippen molar-refractivity contribution in [3.05, 3.63) is 29.8 Å². The maximum atomic E-state index is 12.2. The lowest BCUT2D eigenvalue weighted by molar-refractivity contribution is -0.153. The minimum atomic E-state index is -4.34. The van der Waals surface area contributed by atoms with Crippen molar-refractivity contribution in [3.63, 3.8) is 0 Å². The van der Waals surface area contributed by atoms with Gasteiger partial charge in [-0.2, -0.15) is 13.2 Å². The molecule has 1 saturated carbocycles. The van der Waals surface area contributed by atoms with Crippen LogP contribution in [0.3, 0.4) is 0 Å². The highest BCUT2D eigenvalue weighted by Crippen LogP contribution is 2.52. The van der Waals surface area contributed by atoms with E-state index in [4.69, 9.17) is 9.47 Å². The maximum absolute atomic E-state index is 12.2. The molecule has 0 amide bonds. The maximum Gasteiger partial charge on any atom is 0.422 e. The van der Waals surface area contributed by atoms with E-state index in [0.29, 0.717) is 30.6 Å². The van der Waals surface area contributed by atoms with Crippen LogP contribution >= 0.6 is 0 Å². The highest BCUT2D eigenvalue weighted by Gasteiger charge is 2.59. The molecule has 5 nitrogen and oxygen atoms in total. The minimum absolute atomic E-state index is 0.0518. The molecule has 0 bridgehead atoms. The Labute approximate surface area is 157 Å². The molecule has 3 unspecified atom stereocenters. The van der Waals surface area contributed by atoms with Crippen molar-refractivity contribution in [1.29, 1.82) is 0 Å². The number of alkyl halides is 3. The van der Waals surface area contributed by atoms with Crippen molar-refractivity contribution < 1.29 is 22.6 Å². The predicted octanol–water partition coefficient (Wildman–Crippen LogP) is 3.11. The predicted molar refractivity (Wildman–Crippen MR) is 96.7 cm³/mol. The quantitative estimate of drug-likeness (QED) is 0.604.